The standard InChI is InChI=1S/C74H56N2O2S4.C11H18/c1-6-7-8-21-45(2)81-72-57-41-40-51-56-27-10-9-22-48(44-79)82-71(56)63(75-62-32-19-28-54-52-25-13-17-34-66(52)77-68(54)62)42-60(51)74(58-30-15-11-23-49(58)50-24-12-16-31-59(50)74)61(57)43-65(70(72)80)76(47-38-36-46(37-39-47)73(3,4)5)64-33-20-29-55-53-26-14-18-35-67(53)78-69(55)64;1-6-8-10(9-7-2)11(3,4)5/h6-44,75,79-80H,2H2,1,3-5H3;6-9H,1H2,2-5H3/b7-6-,21-8-,22-9-,27-10-,48-44-;9-7-,10-8+. The van der Waals surface area contributed by atoms with Gasteiger partial charge in [0.25, 0.3) is 0 Å². The van der Waals surface area contributed by atoms with Gasteiger partial charge in [-0.3, -0.25) is 0 Å². The van der Waals surface area contributed by atoms with Gasteiger partial charge in [-0.05, 0) is 152 Å². The summed E-state index contributed by atoms with van der Waals surface area (Å²) in [5, 5.41) is 10.2. The molecule has 93 heavy (non-hydrogen) atoms. The van der Waals surface area contributed by atoms with E-state index in [1.165, 1.54) is 33.4 Å². The first kappa shape index (κ1) is 62.8. The molecule has 0 radical (unpaired) electrons. The van der Waals surface area contributed by atoms with Gasteiger partial charge in [-0.2, -0.15) is 12.6 Å². The van der Waals surface area contributed by atoms with Crippen LogP contribution < -0.4 is 10.2 Å². The van der Waals surface area contributed by atoms with Crippen molar-refractivity contribution in [1.29, 1.82) is 0 Å². The van der Waals surface area contributed by atoms with E-state index in [0.29, 0.717) is 0 Å². The highest BCUT2D eigenvalue weighted by molar-refractivity contribution is 8.04. The predicted octanol–water partition coefficient (Wildman–Crippen LogP) is 26.0. The van der Waals surface area contributed by atoms with Crippen molar-refractivity contribution in [2.75, 3.05) is 10.2 Å². The molecule has 9 aromatic carbocycles. The Morgan fingerprint density at radius 2 is 1.19 bits per heavy atom. The third-order valence-electron chi connectivity index (χ3n) is 17.6. The maximum absolute atomic E-state index is 6.99. The van der Waals surface area contributed by atoms with Crippen LogP contribution in [0.3, 0.4) is 0 Å². The fraction of sp³-hybridized carbons (Fsp3) is 0.129. The smallest absolute Gasteiger partial charge is 0.159 e. The van der Waals surface area contributed by atoms with Crippen LogP contribution in [-0.2, 0) is 10.8 Å². The molecule has 1 spiro atoms. The van der Waals surface area contributed by atoms with E-state index in [1.807, 2.05) is 55.7 Å². The van der Waals surface area contributed by atoms with Gasteiger partial charge in [-0.25, -0.2) is 0 Å². The number of thiol groups is 2. The molecule has 11 aromatic rings. The van der Waals surface area contributed by atoms with Crippen LogP contribution >= 0.6 is 48.8 Å². The van der Waals surface area contributed by atoms with Crippen molar-refractivity contribution in [2.24, 2.45) is 5.41 Å². The Morgan fingerprint density at radius 3 is 1.84 bits per heavy atom. The second kappa shape index (κ2) is 25.8. The number of fused-ring (bicyclic) bond motifs is 17. The molecule has 0 bridgehead atoms. The van der Waals surface area contributed by atoms with E-state index >= 15 is 0 Å². The lowest BCUT2D eigenvalue weighted by Crippen LogP contribution is -2.31. The van der Waals surface area contributed by atoms with Gasteiger partial charge in [-0.15, -0.1) is 12.6 Å². The number of anilines is 5. The van der Waals surface area contributed by atoms with Crippen LogP contribution in [0.25, 0.3) is 73.2 Å². The van der Waals surface area contributed by atoms with Gasteiger partial charge in [0.15, 0.2) is 11.2 Å². The van der Waals surface area contributed by atoms with Crippen molar-refractivity contribution < 1.29 is 8.83 Å². The van der Waals surface area contributed by atoms with Gasteiger partial charge >= 0.3 is 0 Å². The number of benzene rings is 9. The summed E-state index contributed by atoms with van der Waals surface area (Å²) in [4.78, 5) is 7.11. The quantitative estimate of drug-likeness (QED) is 0.0681. The summed E-state index contributed by atoms with van der Waals surface area (Å²) in [6.45, 7) is 25.8. The number of nitrogens with one attached hydrogen (secondary N) is 1. The minimum absolute atomic E-state index is 0.0703. The van der Waals surface area contributed by atoms with Gasteiger partial charge in [-0.1, -0.05) is 272 Å². The minimum Gasteiger partial charge on any atom is -0.454 e. The summed E-state index contributed by atoms with van der Waals surface area (Å²) < 4.78 is 13.7. The first-order valence-electron chi connectivity index (χ1n) is 31.5. The largest absolute Gasteiger partial charge is 0.454 e. The van der Waals surface area contributed by atoms with E-state index in [9.17, 15) is 0 Å². The highest BCUT2D eigenvalue weighted by Gasteiger charge is 2.50. The Balaban J connectivity index is 0.000000657. The fourth-order valence-electron chi connectivity index (χ4n) is 13.3. The summed E-state index contributed by atoms with van der Waals surface area (Å²) in [7, 11) is 0. The third kappa shape index (κ3) is 11.5. The number of para-hydroxylation sites is 4. The van der Waals surface area contributed by atoms with Crippen LogP contribution in [-0.4, -0.2) is 0 Å². The number of hydrogen-bond donors (Lipinski definition) is 3. The first-order chi connectivity index (χ1) is 45.1. The molecule has 0 unspecified atom stereocenters. The molecule has 0 saturated carbocycles. The van der Waals surface area contributed by atoms with E-state index in [4.69, 9.17) is 40.7 Å². The van der Waals surface area contributed by atoms with E-state index in [1.54, 1.807) is 23.5 Å². The molecule has 14 rings (SSSR count). The van der Waals surface area contributed by atoms with E-state index in [-0.39, 0.29) is 10.8 Å². The molecular weight excluding hydrogens is 1210 g/mol. The Morgan fingerprint density at radius 1 is 0.591 bits per heavy atom. The average molecular weight is 1280 g/mol. The topological polar surface area (TPSA) is 41.6 Å². The maximum Gasteiger partial charge on any atom is 0.159 e. The Bertz CT molecular complexity index is 5010. The zero-order chi connectivity index (χ0) is 64.8. The zero-order valence-electron chi connectivity index (χ0n) is 53.7. The molecule has 3 heterocycles. The molecule has 0 atom stereocenters. The summed E-state index contributed by atoms with van der Waals surface area (Å²) in [6.07, 6.45) is 29.6. The normalized spacial score (nSPS) is 15.2. The number of thioether (sulfide) groups is 2. The summed E-state index contributed by atoms with van der Waals surface area (Å²) >= 11 is 13.9. The van der Waals surface area contributed by atoms with Crippen LogP contribution in [0.4, 0.5) is 28.4 Å². The molecule has 4 nitrogen and oxygen atoms in total. The van der Waals surface area contributed by atoms with Crippen LogP contribution in [0.2, 0.25) is 0 Å². The van der Waals surface area contributed by atoms with Crippen LogP contribution in [0.15, 0.2) is 294 Å². The summed E-state index contributed by atoms with van der Waals surface area (Å²) in [6, 6.07) is 61.4. The zero-order valence-corrected chi connectivity index (χ0v) is 57.1. The molecule has 460 valence electrons. The lowest BCUT2D eigenvalue weighted by Gasteiger charge is -2.38. The molecule has 0 fully saturated rings. The average Bonchev–Trinajstić information content (AvgIpc) is 1.55. The van der Waals surface area contributed by atoms with Crippen LogP contribution in [0, 0.1) is 5.41 Å². The highest BCUT2D eigenvalue weighted by atomic mass is 32.2. The van der Waals surface area contributed by atoms with Gasteiger partial charge in [0, 0.05) is 51.7 Å². The monoisotopic (exact) mass is 1280 g/mol. The molecule has 1 N–H and O–H groups in total. The maximum atomic E-state index is 6.99. The molecule has 2 aliphatic carbocycles. The minimum atomic E-state index is -0.919. The number of nitrogens with zero attached hydrogens (tertiary/aromatic N) is 1. The number of allylic oxidation sites excluding steroid dienone is 12. The van der Waals surface area contributed by atoms with E-state index in [2.05, 4.69) is 277 Å². The summed E-state index contributed by atoms with van der Waals surface area (Å²) in [5.74, 6) is 0. The second-order valence-electron chi connectivity index (χ2n) is 25.5. The number of hydrogen-bond acceptors (Lipinski definition) is 8. The lowest BCUT2D eigenvalue weighted by atomic mass is 9.65. The van der Waals surface area contributed by atoms with Gasteiger partial charge in [0.2, 0.25) is 0 Å². The van der Waals surface area contributed by atoms with Crippen molar-refractivity contribution >= 4 is 139 Å². The molecule has 2 aromatic heterocycles. The van der Waals surface area contributed by atoms with Gasteiger partial charge in [0.1, 0.15) is 11.2 Å². The van der Waals surface area contributed by atoms with Crippen LogP contribution in [0.5, 0.6) is 0 Å². The van der Waals surface area contributed by atoms with Crippen LogP contribution in [0.1, 0.15) is 99.9 Å². The fourth-order valence-corrected chi connectivity index (χ4v) is 15.8. The summed E-state index contributed by atoms with van der Waals surface area (Å²) in [5.41, 5.74) is 19.9. The van der Waals surface area contributed by atoms with Crippen molar-refractivity contribution in [1.82, 2.24) is 0 Å². The van der Waals surface area contributed by atoms with Crippen molar-refractivity contribution in [3.05, 3.63) is 315 Å². The molecule has 0 saturated heterocycles. The van der Waals surface area contributed by atoms with Crippen molar-refractivity contribution in [3.8, 4) is 11.1 Å². The van der Waals surface area contributed by atoms with E-state index in [0.717, 1.165) is 125 Å². The Hall–Kier alpha value is -9.02. The number of rotatable bonds is 11. The molecular formula is C85H74N2O2S4. The predicted molar refractivity (Wildman–Crippen MR) is 410 cm³/mol. The van der Waals surface area contributed by atoms with E-state index < -0.39 is 5.41 Å². The van der Waals surface area contributed by atoms with Crippen molar-refractivity contribution in [3.63, 3.8) is 0 Å². The van der Waals surface area contributed by atoms with Gasteiger partial charge < -0.3 is 19.1 Å². The Kier molecular flexibility index (Phi) is 17.4. The SMILES string of the molecule is C=C(/C=C\C=C/C)Sc1c(S)c(N(c2ccc(C(C)(C)C)cc2)c2cccc3c2oc2ccccc23)cc2c1C=Cc1c(cc(Nc3cccc4c3oc3ccccc34)c3c1\C=C/C=C\C(=C\S)S3)C21c2ccccc2-c2ccccc21.C=C/C=C(\C=C/C)C(C)(C)C. The second-order valence-corrected chi connectivity index (χ2v) is 28.5. The first-order valence-corrected chi connectivity index (χ1v) is 34.1. The number of furan rings is 2. The molecule has 1 aliphatic heterocycles. The lowest BCUT2D eigenvalue weighted by molar-refractivity contribution is 0.517. The van der Waals surface area contributed by atoms with Gasteiger partial charge in [0.05, 0.1) is 28.2 Å². The third-order valence-corrected chi connectivity index (χ3v) is 20.9. The highest BCUT2D eigenvalue weighted by Crippen LogP contribution is 2.63. The van der Waals surface area contributed by atoms with Crippen molar-refractivity contribution in [2.45, 2.75) is 80.9 Å². The molecule has 8 heteroatoms. The molecule has 0 amide bonds. The Labute approximate surface area is 566 Å². The molecule has 3 aliphatic rings.